The maximum Gasteiger partial charge on any atom is 0.186 e. The number of ether oxygens (including phenoxy) is 5. The minimum absolute atomic E-state index is 0.139. The van der Waals surface area contributed by atoms with Gasteiger partial charge in [0.25, 0.3) is 0 Å². The van der Waals surface area contributed by atoms with Gasteiger partial charge in [0.15, 0.2) is 12.1 Å². The summed E-state index contributed by atoms with van der Waals surface area (Å²) in [6, 6.07) is 0. The first-order valence-corrected chi connectivity index (χ1v) is 5.80. The summed E-state index contributed by atoms with van der Waals surface area (Å²) in [6.07, 6.45) is 0.828. The van der Waals surface area contributed by atoms with E-state index in [1.54, 1.807) is 13.2 Å². The molecule has 0 aromatic heterocycles. The van der Waals surface area contributed by atoms with Crippen molar-refractivity contribution in [2.75, 3.05) is 20.3 Å². The molecule has 5 nitrogen and oxygen atoms in total. The molecule has 0 spiro atoms. The van der Waals surface area contributed by atoms with Crippen molar-refractivity contribution in [2.24, 2.45) is 0 Å². The molecular formula is C12H20O5. The Hall–Kier alpha value is -0.460. The molecule has 17 heavy (non-hydrogen) atoms. The van der Waals surface area contributed by atoms with Gasteiger partial charge in [0.1, 0.15) is 18.3 Å². The fourth-order valence-electron chi connectivity index (χ4n) is 2.23. The van der Waals surface area contributed by atoms with Crippen LogP contribution in [0.5, 0.6) is 0 Å². The number of fused-ring (bicyclic) bond motifs is 1. The smallest absolute Gasteiger partial charge is 0.186 e. The Labute approximate surface area is 102 Å². The lowest BCUT2D eigenvalue weighted by Gasteiger charge is -2.23. The normalized spacial score (nSPS) is 39.2. The minimum Gasteiger partial charge on any atom is -0.375 e. The van der Waals surface area contributed by atoms with Crippen molar-refractivity contribution in [2.45, 2.75) is 44.2 Å². The lowest BCUT2D eigenvalue weighted by Crippen LogP contribution is -2.33. The van der Waals surface area contributed by atoms with Crippen LogP contribution >= 0.6 is 0 Å². The number of hydrogen-bond acceptors (Lipinski definition) is 5. The highest BCUT2D eigenvalue weighted by molar-refractivity contribution is 4.95. The Balaban J connectivity index is 1.97. The molecule has 0 aliphatic carbocycles. The predicted molar refractivity (Wildman–Crippen MR) is 60.5 cm³/mol. The van der Waals surface area contributed by atoms with Crippen molar-refractivity contribution >= 4 is 0 Å². The summed E-state index contributed by atoms with van der Waals surface area (Å²) in [5.41, 5.74) is 0. The Morgan fingerprint density at radius 2 is 2.00 bits per heavy atom. The van der Waals surface area contributed by atoms with Crippen molar-refractivity contribution in [3.8, 4) is 0 Å². The summed E-state index contributed by atoms with van der Waals surface area (Å²) in [7, 11) is 1.60. The molecule has 0 aromatic rings. The first-order chi connectivity index (χ1) is 8.07. The maximum atomic E-state index is 5.82. The van der Waals surface area contributed by atoms with E-state index in [4.69, 9.17) is 23.7 Å². The van der Waals surface area contributed by atoms with Crippen LogP contribution in [0, 0.1) is 0 Å². The van der Waals surface area contributed by atoms with Gasteiger partial charge in [0, 0.05) is 7.11 Å². The third-order valence-electron chi connectivity index (χ3n) is 2.86. The lowest BCUT2D eigenvalue weighted by molar-refractivity contribution is -0.231. The van der Waals surface area contributed by atoms with Crippen LogP contribution in [-0.2, 0) is 23.7 Å². The van der Waals surface area contributed by atoms with E-state index in [2.05, 4.69) is 6.58 Å². The van der Waals surface area contributed by atoms with Crippen LogP contribution in [0.3, 0.4) is 0 Å². The molecule has 2 fully saturated rings. The third-order valence-corrected chi connectivity index (χ3v) is 2.86. The van der Waals surface area contributed by atoms with Gasteiger partial charge in [-0.15, -0.1) is 6.58 Å². The Kier molecular flexibility index (Phi) is 3.85. The lowest BCUT2D eigenvalue weighted by atomic mass is 10.1. The fourth-order valence-corrected chi connectivity index (χ4v) is 2.23. The average Bonchev–Trinajstić information content (AvgIpc) is 2.73. The molecule has 2 rings (SSSR count). The molecule has 98 valence electrons. The molecule has 0 N–H and O–H groups in total. The highest BCUT2D eigenvalue weighted by Crippen LogP contribution is 2.38. The zero-order chi connectivity index (χ0) is 12.5. The molecule has 2 saturated heterocycles. The maximum absolute atomic E-state index is 5.82. The second-order valence-corrected chi connectivity index (χ2v) is 4.67. The van der Waals surface area contributed by atoms with E-state index in [0.717, 1.165) is 0 Å². The van der Waals surface area contributed by atoms with Gasteiger partial charge in [-0.1, -0.05) is 6.08 Å². The standard InChI is InChI=1S/C12H20O5/c1-5-6-14-7-8-9-10(11(13-4)15-8)17-12(2,3)16-9/h5,8-11H,1,6-7H2,2-4H3/t8-,9+,10+,11+/m1/s1. The van der Waals surface area contributed by atoms with Gasteiger partial charge in [-0.2, -0.15) is 0 Å². The second-order valence-electron chi connectivity index (χ2n) is 4.67. The molecule has 2 aliphatic rings. The van der Waals surface area contributed by atoms with Crippen LogP contribution in [0.25, 0.3) is 0 Å². The molecule has 5 heteroatoms. The van der Waals surface area contributed by atoms with Crippen molar-refractivity contribution in [1.82, 2.24) is 0 Å². The van der Waals surface area contributed by atoms with Crippen LogP contribution in [0.15, 0.2) is 12.7 Å². The summed E-state index contributed by atoms with van der Waals surface area (Å²) in [4.78, 5) is 0. The van der Waals surface area contributed by atoms with Crippen molar-refractivity contribution in [3.05, 3.63) is 12.7 Å². The highest BCUT2D eigenvalue weighted by Gasteiger charge is 2.55. The molecule has 2 aliphatic heterocycles. The minimum atomic E-state index is -0.591. The van der Waals surface area contributed by atoms with Gasteiger partial charge in [-0.25, -0.2) is 0 Å². The zero-order valence-electron chi connectivity index (χ0n) is 10.5. The molecule has 4 atom stereocenters. The van der Waals surface area contributed by atoms with E-state index in [-0.39, 0.29) is 24.6 Å². The van der Waals surface area contributed by atoms with E-state index in [0.29, 0.717) is 13.2 Å². The molecule has 0 radical (unpaired) electrons. The Morgan fingerprint density at radius 1 is 1.29 bits per heavy atom. The van der Waals surface area contributed by atoms with Gasteiger partial charge in [-0.05, 0) is 13.8 Å². The van der Waals surface area contributed by atoms with Gasteiger partial charge >= 0.3 is 0 Å². The van der Waals surface area contributed by atoms with Crippen LogP contribution < -0.4 is 0 Å². The summed E-state index contributed by atoms with van der Waals surface area (Å²) in [5, 5.41) is 0. The monoisotopic (exact) mass is 244 g/mol. The SMILES string of the molecule is C=CCOC[C@H]1O[C@H](OC)[C@H]2OC(C)(C)O[C@H]21. The van der Waals surface area contributed by atoms with Crippen molar-refractivity contribution in [3.63, 3.8) is 0 Å². The van der Waals surface area contributed by atoms with Crippen LogP contribution in [-0.4, -0.2) is 50.7 Å². The van der Waals surface area contributed by atoms with Crippen LogP contribution in [0.4, 0.5) is 0 Å². The summed E-state index contributed by atoms with van der Waals surface area (Å²) < 4.78 is 27.9. The van der Waals surface area contributed by atoms with E-state index in [1.807, 2.05) is 13.8 Å². The fraction of sp³-hybridized carbons (Fsp3) is 0.833. The Morgan fingerprint density at radius 3 is 2.65 bits per heavy atom. The van der Waals surface area contributed by atoms with Gasteiger partial charge in [0.2, 0.25) is 0 Å². The van der Waals surface area contributed by atoms with Gasteiger partial charge < -0.3 is 23.7 Å². The number of hydrogen-bond donors (Lipinski definition) is 0. The van der Waals surface area contributed by atoms with Crippen LogP contribution in [0.1, 0.15) is 13.8 Å². The Bertz CT molecular complexity index is 278. The predicted octanol–water partition coefficient (Wildman–Crippen LogP) is 1.08. The number of rotatable bonds is 5. The third kappa shape index (κ3) is 2.69. The quantitative estimate of drug-likeness (QED) is 0.535. The second kappa shape index (κ2) is 5.04. The topological polar surface area (TPSA) is 46.2 Å². The number of methoxy groups -OCH3 is 1. The molecule has 0 amide bonds. The van der Waals surface area contributed by atoms with E-state index >= 15 is 0 Å². The van der Waals surface area contributed by atoms with Gasteiger partial charge in [-0.3, -0.25) is 0 Å². The van der Waals surface area contributed by atoms with E-state index in [1.165, 1.54) is 0 Å². The van der Waals surface area contributed by atoms with Crippen LogP contribution in [0.2, 0.25) is 0 Å². The molecule has 0 saturated carbocycles. The molecular weight excluding hydrogens is 224 g/mol. The first-order valence-electron chi connectivity index (χ1n) is 5.80. The summed E-state index contributed by atoms with van der Waals surface area (Å²) in [5.74, 6) is -0.591. The highest BCUT2D eigenvalue weighted by atomic mass is 16.8. The molecule has 0 unspecified atom stereocenters. The van der Waals surface area contributed by atoms with Gasteiger partial charge in [0.05, 0.1) is 13.2 Å². The molecule has 0 aromatic carbocycles. The van der Waals surface area contributed by atoms with Crippen molar-refractivity contribution in [1.29, 1.82) is 0 Å². The summed E-state index contributed by atoms with van der Waals surface area (Å²) in [6.45, 7) is 8.33. The zero-order valence-corrected chi connectivity index (χ0v) is 10.5. The van der Waals surface area contributed by atoms with E-state index < -0.39 is 5.79 Å². The largest absolute Gasteiger partial charge is 0.375 e. The molecule has 2 heterocycles. The first kappa shape index (κ1) is 13.0. The van der Waals surface area contributed by atoms with E-state index in [9.17, 15) is 0 Å². The molecule has 0 bridgehead atoms. The average molecular weight is 244 g/mol. The van der Waals surface area contributed by atoms with Crippen molar-refractivity contribution < 1.29 is 23.7 Å². The summed E-state index contributed by atoms with van der Waals surface area (Å²) >= 11 is 0.